The molecule has 0 spiro atoms. The van der Waals surface area contributed by atoms with Crippen molar-refractivity contribution in [2.45, 2.75) is 46.3 Å². The van der Waals surface area contributed by atoms with E-state index in [1.54, 1.807) is 6.08 Å². The minimum atomic E-state index is -0.335. The van der Waals surface area contributed by atoms with Crippen molar-refractivity contribution in [3.8, 4) is 0 Å². The SMILES string of the molecule is C=C\C=C/C(=C\C=C/C)C(CCCOC(CC)OCC)C(=O)NN. The number of nitrogens with two attached hydrogens (primary N) is 1. The van der Waals surface area contributed by atoms with Gasteiger partial charge < -0.3 is 9.47 Å². The maximum absolute atomic E-state index is 12.1. The molecule has 0 rings (SSSR count). The summed E-state index contributed by atoms with van der Waals surface area (Å²) in [6, 6.07) is 0. The third-order valence-corrected chi connectivity index (χ3v) is 3.39. The van der Waals surface area contributed by atoms with Gasteiger partial charge in [-0.15, -0.1) is 0 Å². The van der Waals surface area contributed by atoms with E-state index in [2.05, 4.69) is 12.0 Å². The molecule has 0 aliphatic rings. The summed E-state index contributed by atoms with van der Waals surface area (Å²) in [7, 11) is 0. The molecule has 136 valence electrons. The van der Waals surface area contributed by atoms with Crippen molar-refractivity contribution in [3.63, 3.8) is 0 Å². The molecule has 0 aromatic carbocycles. The first-order chi connectivity index (χ1) is 11.6. The van der Waals surface area contributed by atoms with Crippen molar-refractivity contribution in [2.24, 2.45) is 11.8 Å². The highest BCUT2D eigenvalue weighted by molar-refractivity contribution is 5.81. The number of carbonyl (C=O) groups excluding carboxylic acids is 1. The molecule has 0 aliphatic carbocycles. The number of ether oxygens (including phenoxy) is 2. The number of carbonyl (C=O) groups is 1. The highest BCUT2D eigenvalue weighted by Crippen LogP contribution is 2.20. The van der Waals surface area contributed by atoms with E-state index < -0.39 is 0 Å². The van der Waals surface area contributed by atoms with Gasteiger partial charge in [0.05, 0.1) is 5.92 Å². The Morgan fingerprint density at radius 3 is 2.58 bits per heavy atom. The molecule has 24 heavy (non-hydrogen) atoms. The van der Waals surface area contributed by atoms with Crippen molar-refractivity contribution < 1.29 is 14.3 Å². The second-order valence-corrected chi connectivity index (χ2v) is 5.15. The summed E-state index contributed by atoms with van der Waals surface area (Å²) >= 11 is 0. The standard InChI is InChI=1S/C19H32N2O3/c1-5-9-12-16(13-10-6-2)17(19(22)21-20)14-11-15-24-18(7-3)23-8-4/h5-6,9-10,12-13,17-18H,1,7-8,11,14-15,20H2,2-4H3,(H,21,22)/b10-6-,12-9-,16-13+. The fourth-order valence-electron chi connectivity index (χ4n) is 2.20. The Kier molecular flexibility index (Phi) is 13.8. The molecular formula is C19H32N2O3. The lowest BCUT2D eigenvalue weighted by atomic mass is 9.92. The zero-order valence-corrected chi connectivity index (χ0v) is 15.2. The van der Waals surface area contributed by atoms with Gasteiger partial charge in [-0.25, -0.2) is 5.84 Å². The van der Waals surface area contributed by atoms with Crippen LogP contribution in [0.1, 0.15) is 40.0 Å². The molecule has 0 heterocycles. The Hall–Kier alpha value is -1.69. The molecule has 0 aromatic rings. The molecule has 0 aliphatic heterocycles. The van der Waals surface area contributed by atoms with Crippen LogP contribution in [0, 0.1) is 5.92 Å². The second kappa shape index (κ2) is 14.9. The van der Waals surface area contributed by atoms with Crippen molar-refractivity contribution in [2.75, 3.05) is 13.2 Å². The number of allylic oxidation sites excluding steroid dienone is 6. The van der Waals surface area contributed by atoms with Crippen LogP contribution in [0.2, 0.25) is 0 Å². The number of hydrogen-bond acceptors (Lipinski definition) is 4. The third-order valence-electron chi connectivity index (χ3n) is 3.39. The minimum absolute atomic E-state index is 0.185. The zero-order chi connectivity index (χ0) is 18.2. The van der Waals surface area contributed by atoms with Crippen LogP contribution in [-0.4, -0.2) is 25.4 Å². The largest absolute Gasteiger partial charge is 0.353 e. The lowest BCUT2D eigenvalue weighted by Crippen LogP contribution is -2.36. The highest BCUT2D eigenvalue weighted by atomic mass is 16.7. The summed E-state index contributed by atoms with van der Waals surface area (Å²) in [6.07, 6.45) is 13.1. The Labute approximate surface area is 146 Å². The molecule has 0 radical (unpaired) electrons. The van der Waals surface area contributed by atoms with Gasteiger partial charge in [-0.05, 0) is 38.7 Å². The van der Waals surface area contributed by atoms with Crippen LogP contribution in [0.5, 0.6) is 0 Å². The van der Waals surface area contributed by atoms with Crippen LogP contribution in [0.25, 0.3) is 0 Å². The van der Waals surface area contributed by atoms with E-state index in [1.165, 1.54) is 0 Å². The lowest BCUT2D eigenvalue weighted by molar-refractivity contribution is -0.141. The number of hydrazine groups is 1. The van der Waals surface area contributed by atoms with Gasteiger partial charge in [0.1, 0.15) is 0 Å². The average molecular weight is 336 g/mol. The predicted molar refractivity (Wildman–Crippen MR) is 98.9 cm³/mol. The van der Waals surface area contributed by atoms with Crippen LogP contribution in [0.4, 0.5) is 0 Å². The van der Waals surface area contributed by atoms with Crippen LogP contribution < -0.4 is 11.3 Å². The second-order valence-electron chi connectivity index (χ2n) is 5.15. The maximum atomic E-state index is 12.1. The normalized spacial score (nSPS) is 14.9. The van der Waals surface area contributed by atoms with Gasteiger partial charge >= 0.3 is 0 Å². The number of rotatable bonds is 13. The molecule has 0 saturated carbocycles. The smallest absolute Gasteiger partial charge is 0.241 e. The van der Waals surface area contributed by atoms with E-state index in [9.17, 15) is 4.79 Å². The van der Waals surface area contributed by atoms with E-state index >= 15 is 0 Å². The van der Waals surface area contributed by atoms with Gasteiger partial charge in [-0.1, -0.05) is 50.0 Å². The number of amides is 1. The van der Waals surface area contributed by atoms with Gasteiger partial charge in [0, 0.05) is 13.2 Å². The Bertz CT molecular complexity index is 442. The van der Waals surface area contributed by atoms with Gasteiger partial charge in [-0.2, -0.15) is 0 Å². The van der Waals surface area contributed by atoms with Crippen molar-refractivity contribution in [1.29, 1.82) is 0 Å². The zero-order valence-electron chi connectivity index (χ0n) is 15.2. The van der Waals surface area contributed by atoms with Crippen LogP contribution in [0.3, 0.4) is 0 Å². The minimum Gasteiger partial charge on any atom is -0.353 e. The average Bonchev–Trinajstić information content (AvgIpc) is 2.61. The topological polar surface area (TPSA) is 73.6 Å². The van der Waals surface area contributed by atoms with Crippen LogP contribution >= 0.6 is 0 Å². The number of hydrogen-bond donors (Lipinski definition) is 2. The quantitative estimate of drug-likeness (QED) is 0.135. The molecule has 1 amide bonds. The van der Waals surface area contributed by atoms with E-state index in [0.29, 0.717) is 19.6 Å². The number of nitrogens with one attached hydrogen (secondary N) is 1. The molecule has 0 bridgehead atoms. The lowest BCUT2D eigenvalue weighted by Gasteiger charge is -2.19. The predicted octanol–water partition coefficient (Wildman–Crippen LogP) is 3.41. The van der Waals surface area contributed by atoms with Crippen molar-refractivity contribution in [3.05, 3.63) is 48.6 Å². The molecule has 0 fully saturated rings. The molecule has 5 heteroatoms. The Balaban J connectivity index is 4.83. The molecule has 2 unspecified atom stereocenters. The van der Waals surface area contributed by atoms with Gasteiger partial charge in [0.2, 0.25) is 5.91 Å². The molecule has 5 nitrogen and oxygen atoms in total. The summed E-state index contributed by atoms with van der Waals surface area (Å²) in [5.74, 6) is 4.79. The summed E-state index contributed by atoms with van der Waals surface area (Å²) in [5.41, 5.74) is 3.13. The van der Waals surface area contributed by atoms with Gasteiger partial charge in [-0.3, -0.25) is 10.2 Å². The van der Waals surface area contributed by atoms with E-state index in [1.807, 2.05) is 51.2 Å². The monoisotopic (exact) mass is 336 g/mol. The fourth-order valence-corrected chi connectivity index (χ4v) is 2.20. The molecule has 0 aromatic heterocycles. The van der Waals surface area contributed by atoms with Crippen LogP contribution in [0.15, 0.2) is 48.6 Å². The maximum Gasteiger partial charge on any atom is 0.241 e. The Morgan fingerprint density at radius 2 is 2.04 bits per heavy atom. The highest BCUT2D eigenvalue weighted by Gasteiger charge is 2.20. The van der Waals surface area contributed by atoms with Crippen LogP contribution in [-0.2, 0) is 14.3 Å². The summed E-state index contributed by atoms with van der Waals surface area (Å²) in [5, 5.41) is 0. The molecule has 3 N–H and O–H groups in total. The molecule has 2 atom stereocenters. The van der Waals surface area contributed by atoms with Crippen molar-refractivity contribution in [1.82, 2.24) is 5.43 Å². The summed E-state index contributed by atoms with van der Waals surface area (Å²) in [6.45, 7) is 10.7. The first kappa shape index (κ1) is 22.3. The van der Waals surface area contributed by atoms with E-state index in [-0.39, 0.29) is 18.1 Å². The fraction of sp³-hybridized carbons (Fsp3) is 0.526. The third kappa shape index (κ3) is 9.45. The molecular weight excluding hydrogens is 304 g/mol. The summed E-state index contributed by atoms with van der Waals surface area (Å²) < 4.78 is 11.1. The first-order valence-electron chi connectivity index (χ1n) is 8.50. The molecule has 0 saturated heterocycles. The first-order valence-corrected chi connectivity index (χ1v) is 8.50. The van der Waals surface area contributed by atoms with Gasteiger partial charge in [0.15, 0.2) is 6.29 Å². The Morgan fingerprint density at radius 1 is 1.29 bits per heavy atom. The van der Waals surface area contributed by atoms with Gasteiger partial charge in [0.25, 0.3) is 0 Å². The summed E-state index contributed by atoms with van der Waals surface area (Å²) in [4.78, 5) is 12.1. The van der Waals surface area contributed by atoms with E-state index in [4.69, 9.17) is 15.3 Å². The van der Waals surface area contributed by atoms with E-state index in [0.717, 1.165) is 18.4 Å². The van der Waals surface area contributed by atoms with Crippen molar-refractivity contribution >= 4 is 5.91 Å².